The maximum Gasteiger partial charge on any atom is 0.417 e. The van der Waals surface area contributed by atoms with E-state index in [1.807, 2.05) is 0 Å². The predicted octanol–water partition coefficient (Wildman–Crippen LogP) is 2.92. The molecule has 0 unspecified atom stereocenters. The van der Waals surface area contributed by atoms with E-state index in [2.05, 4.69) is 4.98 Å². The number of carbonyl (C=O) groups is 4. The average Bonchev–Trinajstić information content (AvgIpc) is 2.73. The number of rotatable bonds is 8. The fourth-order valence-electron chi connectivity index (χ4n) is 2.96. The first-order valence-corrected chi connectivity index (χ1v) is 12.2. The van der Waals surface area contributed by atoms with E-state index in [-0.39, 0.29) is 5.03 Å². The molecule has 1 aliphatic heterocycles. The van der Waals surface area contributed by atoms with Gasteiger partial charge in [0.05, 0.1) is 5.56 Å². The number of alkyl halides is 3. The molecule has 0 amide bonds. The second-order valence-electron chi connectivity index (χ2n) is 7.13. The van der Waals surface area contributed by atoms with Crippen LogP contribution in [0.25, 0.3) is 0 Å². The van der Waals surface area contributed by atoms with Gasteiger partial charge in [-0.3, -0.25) is 19.2 Å². The normalized spacial score (nSPS) is 24.3. The van der Waals surface area contributed by atoms with Gasteiger partial charge in [-0.25, -0.2) is 4.98 Å². The summed E-state index contributed by atoms with van der Waals surface area (Å²) in [4.78, 5) is 50.4. The van der Waals surface area contributed by atoms with Gasteiger partial charge >= 0.3 is 30.1 Å². The first-order chi connectivity index (χ1) is 16.3. The van der Waals surface area contributed by atoms with Crippen LogP contribution in [0, 0.1) is 0 Å². The largest absolute Gasteiger partial charge is 0.463 e. The Hall–Kier alpha value is -2.52. The highest BCUT2D eigenvalue weighted by molar-refractivity contribution is 8.76. The van der Waals surface area contributed by atoms with Crippen molar-refractivity contribution in [1.29, 1.82) is 0 Å². The highest BCUT2D eigenvalue weighted by atomic mass is 33.1. The van der Waals surface area contributed by atoms with Gasteiger partial charge in [0.15, 0.2) is 23.7 Å². The van der Waals surface area contributed by atoms with Crippen molar-refractivity contribution in [2.24, 2.45) is 0 Å². The van der Waals surface area contributed by atoms with Crippen LogP contribution < -0.4 is 0 Å². The molecule has 0 bridgehead atoms. The van der Waals surface area contributed by atoms with Gasteiger partial charge in [-0.2, -0.15) is 13.2 Å². The van der Waals surface area contributed by atoms with Crippen molar-refractivity contribution in [2.75, 3.05) is 6.61 Å². The summed E-state index contributed by atoms with van der Waals surface area (Å²) >= 11 is 0. The Balaban J connectivity index is 2.34. The maximum atomic E-state index is 12.8. The van der Waals surface area contributed by atoms with Gasteiger partial charge in [-0.1, -0.05) is 10.8 Å². The summed E-state index contributed by atoms with van der Waals surface area (Å²) in [6, 6.07) is 1.99. The zero-order valence-electron chi connectivity index (χ0n) is 18.9. The smallest absolute Gasteiger partial charge is 0.417 e. The molecule has 5 atom stereocenters. The van der Waals surface area contributed by atoms with Gasteiger partial charge < -0.3 is 23.7 Å². The van der Waals surface area contributed by atoms with Gasteiger partial charge in [0.25, 0.3) is 0 Å². The molecule has 1 aliphatic rings. The number of ether oxygens (including phenoxy) is 5. The number of aromatic nitrogens is 1. The number of carbonyl (C=O) groups excluding carboxylic acids is 4. The van der Waals surface area contributed by atoms with E-state index in [9.17, 15) is 32.3 Å². The molecule has 0 radical (unpaired) electrons. The van der Waals surface area contributed by atoms with Gasteiger partial charge in [0, 0.05) is 33.9 Å². The Labute approximate surface area is 205 Å². The number of hydrogen-bond donors (Lipinski definition) is 0. The molecule has 1 saturated heterocycles. The molecule has 194 valence electrons. The summed E-state index contributed by atoms with van der Waals surface area (Å²) in [7, 11) is 1.81. The fraction of sp³-hybridized carbons (Fsp3) is 0.550. The lowest BCUT2D eigenvalue weighted by Gasteiger charge is -2.43. The first kappa shape index (κ1) is 28.7. The Kier molecular flexibility index (Phi) is 10.2. The van der Waals surface area contributed by atoms with E-state index in [1.165, 1.54) is 0 Å². The molecule has 0 aliphatic carbocycles. The lowest BCUT2D eigenvalue weighted by atomic mass is 9.99. The standard InChI is InChI=1S/C20H22F3NO9S2/c1-9(25)29-8-14-16(30-10(2)26)17(31-11(3)27)18(32-12(4)28)19(33-14)35-34-15-6-5-13(7-24-15)20(21,22)23/h5-7,14,16-19H,8H2,1-4H3/t14-,16-,17+,18-,19+/m1/s1. The third kappa shape index (κ3) is 8.89. The van der Waals surface area contributed by atoms with Crippen molar-refractivity contribution >= 4 is 45.5 Å². The quantitative estimate of drug-likeness (QED) is 0.273. The van der Waals surface area contributed by atoms with Crippen LogP contribution in [0.3, 0.4) is 0 Å². The van der Waals surface area contributed by atoms with Crippen LogP contribution in [0.4, 0.5) is 13.2 Å². The van der Waals surface area contributed by atoms with Gasteiger partial charge in [0.2, 0.25) is 0 Å². The van der Waals surface area contributed by atoms with E-state index in [0.717, 1.165) is 61.4 Å². The van der Waals surface area contributed by atoms with E-state index in [4.69, 9.17) is 23.7 Å². The Morgan fingerprint density at radius 3 is 1.97 bits per heavy atom. The molecule has 2 heterocycles. The summed E-state index contributed by atoms with van der Waals surface area (Å²) in [6.07, 6.45) is -8.95. The second-order valence-corrected chi connectivity index (χ2v) is 9.45. The van der Waals surface area contributed by atoms with Gasteiger partial charge in [-0.05, 0) is 22.9 Å². The molecule has 1 aromatic heterocycles. The fourth-order valence-corrected chi connectivity index (χ4v) is 5.22. The number of nitrogens with zero attached hydrogens (tertiary/aromatic N) is 1. The summed E-state index contributed by atoms with van der Waals surface area (Å²) in [5.74, 6) is -2.97. The number of halogens is 3. The Morgan fingerprint density at radius 2 is 1.49 bits per heavy atom. The molecule has 0 N–H and O–H groups in total. The first-order valence-electron chi connectivity index (χ1n) is 9.95. The molecule has 0 saturated carbocycles. The molecule has 1 aromatic rings. The average molecular weight is 542 g/mol. The summed E-state index contributed by atoms with van der Waals surface area (Å²) in [6.45, 7) is 4.05. The summed E-state index contributed by atoms with van der Waals surface area (Å²) in [5.41, 5.74) is -2.02. The van der Waals surface area contributed by atoms with Crippen LogP contribution in [0.15, 0.2) is 23.4 Å². The maximum absolute atomic E-state index is 12.8. The van der Waals surface area contributed by atoms with E-state index >= 15 is 0 Å². The van der Waals surface area contributed by atoms with Crippen molar-refractivity contribution in [1.82, 2.24) is 4.98 Å². The van der Waals surface area contributed by atoms with E-state index in [1.54, 1.807) is 0 Å². The molecule has 1 fully saturated rings. The van der Waals surface area contributed by atoms with Crippen LogP contribution >= 0.6 is 21.6 Å². The second kappa shape index (κ2) is 12.4. The van der Waals surface area contributed by atoms with Crippen LogP contribution in [0.1, 0.15) is 33.3 Å². The Morgan fingerprint density at radius 1 is 0.914 bits per heavy atom. The monoisotopic (exact) mass is 541 g/mol. The molecule has 10 nitrogen and oxygen atoms in total. The number of pyridine rings is 1. The molecular weight excluding hydrogens is 519 g/mol. The SMILES string of the molecule is CC(=O)OC[C@H]1O[C@@H](SSc2ccc(C(F)(F)F)cn2)[C@H](OC(C)=O)[C@@H](OC(C)=O)[C@@H]1OC(C)=O. The minimum absolute atomic E-state index is 0.177. The topological polar surface area (TPSA) is 127 Å². The molecule has 0 spiro atoms. The molecule has 15 heteroatoms. The highest BCUT2D eigenvalue weighted by Crippen LogP contribution is 2.42. The number of esters is 4. The van der Waals surface area contributed by atoms with Crippen molar-refractivity contribution in [2.45, 2.75) is 68.7 Å². The third-order valence-electron chi connectivity index (χ3n) is 4.24. The number of hydrogen-bond acceptors (Lipinski definition) is 12. The Bertz CT molecular complexity index is 929. The van der Waals surface area contributed by atoms with Crippen LogP contribution in [-0.2, 0) is 49.0 Å². The van der Waals surface area contributed by atoms with Crippen LogP contribution in [-0.4, -0.2) is 65.3 Å². The summed E-state index contributed by atoms with van der Waals surface area (Å²) < 4.78 is 65.1. The molecular formula is C20H22F3NO9S2. The van der Waals surface area contributed by atoms with Crippen molar-refractivity contribution < 1.29 is 56.0 Å². The van der Waals surface area contributed by atoms with Gasteiger partial charge in [-0.15, -0.1) is 0 Å². The van der Waals surface area contributed by atoms with E-state index < -0.39 is 72.1 Å². The van der Waals surface area contributed by atoms with Crippen LogP contribution in [0.5, 0.6) is 0 Å². The third-order valence-corrected chi connectivity index (χ3v) is 6.69. The highest BCUT2D eigenvalue weighted by Gasteiger charge is 2.52. The van der Waals surface area contributed by atoms with E-state index in [0.29, 0.717) is 6.20 Å². The molecule has 2 rings (SSSR count). The zero-order valence-corrected chi connectivity index (χ0v) is 20.5. The van der Waals surface area contributed by atoms with Gasteiger partial charge in [0.1, 0.15) is 17.7 Å². The van der Waals surface area contributed by atoms with Crippen molar-refractivity contribution in [3.05, 3.63) is 23.9 Å². The minimum atomic E-state index is -4.55. The zero-order chi connectivity index (χ0) is 26.3. The minimum Gasteiger partial charge on any atom is -0.463 e. The van der Waals surface area contributed by atoms with Crippen molar-refractivity contribution in [3.8, 4) is 0 Å². The molecule has 0 aromatic carbocycles. The lowest BCUT2D eigenvalue weighted by Crippen LogP contribution is -2.61. The lowest BCUT2D eigenvalue weighted by molar-refractivity contribution is -0.237. The summed E-state index contributed by atoms with van der Waals surface area (Å²) in [5, 5.41) is 0.177. The molecule has 35 heavy (non-hydrogen) atoms. The predicted molar refractivity (Wildman–Crippen MR) is 115 cm³/mol. The van der Waals surface area contributed by atoms with Crippen LogP contribution in [0.2, 0.25) is 0 Å². The van der Waals surface area contributed by atoms with Crippen molar-refractivity contribution in [3.63, 3.8) is 0 Å².